The summed E-state index contributed by atoms with van der Waals surface area (Å²) >= 11 is 5.95. The molecule has 2 aromatic heterocycles. The highest BCUT2D eigenvalue weighted by Gasteiger charge is 2.34. The zero-order valence-electron chi connectivity index (χ0n) is 16.3. The molecule has 1 atom stereocenters. The summed E-state index contributed by atoms with van der Waals surface area (Å²) in [6.07, 6.45) is 4.13. The number of fused-ring (bicyclic) bond motifs is 1. The van der Waals surface area contributed by atoms with Crippen molar-refractivity contribution in [1.82, 2.24) is 14.9 Å². The van der Waals surface area contributed by atoms with Crippen molar-refractivity contribution in [2.75, 3.05) is 6.54 Å². The third-order valence-corrected chi connectivity index (χ3v) is 5.73. The van der Waals surface area contributed by atoms with Crippen LogP contribution in [0.1, 0.15) is 46.6 Å². The van der Waals surface area contributed by atoms with Crippen LogP contribution in [0.5, 0.6) is 0 Å². The maximum Gasteiger partial charge on any atom is 0.273 e. The van der Waals surface area contributed by atoms with Crippen LogP contribution in [0.4, 0.5) is 0 Å². The number of benzene rings is 2. The highest BCUT2D eigenvalue weighted by atomic mass is 35.5. The lowest BCUT2D eigenvalue weighted by Gasteiger charge is -2.22. The van der Waals surface area contributed by atoms with Crippen molar-refractivity contribution >= 4 is 28.4 Å². The van der Waals surface area contributed by atoms with Crippen LogP contribution in [0, 0.1) is 0 Å². The van der Waals surface area contributed by atoms with Crippen molar-refractivity contribution in [3.05, 3.63) is 94.8 Å². The van der Waals surface area contributed by atoms with Crippen LogP contribution in [0.25, 0.3) is 10.9 Å². The molecular weight excluding hydrogens is 398 g/mol. The SMILES string of the molecule is O=C(c1ccc2ccccc2n1)N1CCC[C@@H]1c1ncc(Cc2ccc(Cl)cc2)o1. The molecule has 1 aliphatic heterocycles. The lowest BCUT2D eigenvalue weighted by atomic mass is 10.1. The van der Waals surface area contributed by atoms with Gasteiger partial charge in [-0.05, 0) is 42.7 Å². The predicted octanol–water partition coefficient (Wildman–Crippen LogP) is 5.44. The lowest BCUT2D eigenvalue weighted by Crippen LogP contribution is -2.31. The molecule has 5 nitrogen and oxygen atoms in total. The van der Waals surface area contributed by atoms with Gasteiger partial charge in [-0.1, -0.05) is 48.0 Å². The van der Waals surface area contributed by atoms with Crippen LogP contribution in [-0.2, 0) is 6.42 Å². The van der Waals surface area contributed by atoms with Gasteiger partial charge in [-0.2, -0.15) is 0 Å². The van der Waals surface area contributed by atoms with Gasteiger partial charge in [0.05, 0.1) is 11.7 Å². The molecule has 1 amide bonds. The Kier molecular flexibility index (Phi) is 4.97. The number of para-hydroxylation sites is 1. The Bertz CT molecular complexity index is 1200. The number of likely N-dealkylation sites (tertiary alicyclic amines) is 1. The first-order valence-corrected chi connectivity index (χ1v) is 10.4. The minimum Gasteiger partial charge on any atom is -0.443 e. The number of rotatable bonds is 4. The minimum absolute atomic E-state index is 0.0827. The summed E-state index contributed by atoms with van der Waals surface area (Å²) in [6.45, 7) is 0.674. The normalized spacial score (nSPS) is 16.3. The van der Waals surface area contributed by atoms with Crippen molar-refractivity contribution < 1.29 is 9.21 Å². The molecule has 150 valence electrons. The number of pyridine rings is 1. The first kappa shape index (κ1) is 18.8. The Labute approximate surface area is 179 Å². The van der Waals surface area contributed by atoms with Gasteiger partial charge in [0, 0.05) is 23.4 Å². The molecular formula is C24H20ClN3O2. The topological polar surface area (TPSA) is 59.2 Å². The molecule has 5 rings (SSSR count). The lowest BCUT2D eigenvalue weighted by molar-refractivity contribution is 0.0709. The summed E-state index contributed by atoms with van der Waals surface area (Å²) in [5.74, 6) is 1.28. The van der Waals surface area contributed by atoms with E-state index in [1.807, 2.05) is 59.5 Å². The average Bonchev–Trinajstić information content (AvgIpc) is 3.44. The van der Waals surface area contributed by atoms with E-state index < -0.39 is 0 Å². The highest BCUT2D eigenvalue weighted by Crippen LogP contribution is 2.33. The van der Waals surface area contributed by atoms with Crippen LogP contribution < -0.4 is 0 Å². The van der Waals surface area contributed by atoms with Gasteiger partial charge in [-0.25, -0.2) is 9.97 Å². The second-order valence-corrected chi connectivity index (χ2v) is 7.95. The van der Waals surface area contributed by atoms with Crippen molar-refractivity contribution in [1.29, 1.82) is 0 Å². The Balaban J connectivity index is 1.36. The zero-order chi connectivity index (χ0) is 20.5. The number of halogens is 1. The van der Waals surface area contributed by atoms with Gasteiger partial charge < -0.3 is 9.32 Å². The van der Waals surface area contributed by atoms with E-state index in [1.165, 1.54) is 0 Å². The third kappa shape index (κ3) is 3.68. The van der Waals surface area contributed by atoms with Crippen molar-refractivity contribution in [2.45, 2.75) is 25.3 Å². The maximum absolute atomic E-state index is 13.2. The van der Waals surface area contributed by atoms with Gasteiger partial charge in [0.15, 0.2) is 0 Å². The number of nitrogens with zero attached hydrogens (tertiary/aromatic N) is 3. The first-order chi connectivity index (χ1) is 14.7. The number of amides is 1. The summed E-state index contributed by atoms with van der Waals surface area (Å²) in [7, 11) is 0. The second kappa shape index (κ2) is 7.92. The molecule has 6 heteroatoms. The van der Waals surface area contributed by atoms with Gasteiger partial charge in [0.25, 0.3) is 5.91 Å². The number of oxazole rings is 1. The van der Waals surface area contributed by atoms with Crippen LogP contribution in [0.2, 0.25) is 5.02 Å². The van der Waals surface area contributed by atoms with Crippen LogP contribution in [0.3, 0.4) is 0 Å². The zero-order valence-corrected chi connectivity index (χ0v) is 17.0. The fraction of sp³-hybridized carbons (Fsp3) is 0.208. The molecule has 3 heterocycles. The Hall–Kier alpha value is -3.18. The summed E-state index contributed by atoms with van der Waals surface area (Å²) in [4.78, 5) is 24.1. The molecule has 2 aromatic carbocycles. The highest BCUT2D eigenvalue weighted by molar-refractivity contribution is 6.30. The largest absolute Gasteiger partial charge is 0.443 e. The Morgan fingerprint density at radius 3 is 2.80 bits per heavy atom. The standard InChI is InChI=1S/C24H20ClN3O2/c25-18-10-7-16(8-11-18)14-19-15-26-23(30-19)22-6-3-13-28(22)24(29)21-12-9-17-4-1-2-5-20(17)27-21/h1-2,4-5,7-12,15,22H,3,6,13-14H2/t22-/m1/s1. The molecule has 30 heavy (non-hydrogen) atoms. The molecule has 4 aromatic rings. The van der Waals surface area contributed by atoms with E-state index in [-0.39, 0.29) is 11.9 Å². The molecule has 0 N–H and O–H groups in total. The van der Waals surface area contributed by atoms with E-state index in [9.17, 15) is 4.79 Å². The van der Waals surface area contributed by atoms with E-state index in [0.29, 0.717) is 29.6 Å². The second-order valence-electron chi connectivity index (χ2n) is 7.51. The molecule has 0 aliphatic carbocycles. The number of carbonyl (C=O) groups excluding carboxylic acids is 1. The quantitative estimate of drug-likeness (QED) is 0.443. The van der Waals surface area contributed by atoms with Crippen molar-refractivity contribution in [3.8, 4) is 0 Å². The van der Waals surface area contributed by atoms with E-state index in [4.69, 9.17) is 16.0 Å². The molecule has 1 fully saturated rings. The monoisotopic (exact) mass is 417 g/mol. The van der Waals surface area contributed by atoms with Gasteiger partial charge in [-0.3, -0.25) is 4.79 Å². The number of aromatic nitrogens is 2. The molecule has 0 unspecified atom stereocenters. The Morgan fingerprint density at radius 1 is 1.10 bits per heavy atom. The smallest absolute Gasteiger partial charge is 0.273 e. The van der Waals surface area contributed by atoms with Crippen LogP contribution >= 0.6 is 11.6 Å². The van der Waals surface area contributed by atoms with Crippen molar-refractivity contribution in [2.24, 2.45) is 0 Å². The van der Waals surface area contributed by atoms with Gasteiger partial charge in [-0.15, -0.1) is 0 Å². The van der Waals surface area contributed by atoms with Gasteiger partial charge >= 0.3 is 0 Å². The molecule has 0 bridgehead atoms. The summed E-state index contributed by atoms with van der Waals surface area (Å²) in [6, 6.07) is 19.0. The van der Waals surface area contributed by atoms with E-state index in [0.717, 1.165) is 35.1 Å². The third-order valence-electron chi connectivity index (χ3n) is 5.48. The number of carbonyl (C=O) groups is 1. The molecule has 0 radical (unpaired) electrons. The van der Waals surface area contributed by atoms with Crippen LogP contribution in [0.15, 0.2) is 71.3 Å². The fourth-order valence-electron chi connectivity index (χ4n) is 3.96. The molecule has 1 aliphatic rings. The summed E-state index contributed by atoms with van der Waals surface area (Å²) in [5.41, 5.74) is 2.37. The maximum atomic E-state index is 13.2. The molecule has 0 saturated carbocycles. The number of hydrogen-bond acceptors (Lipinski definition) is 4. The first-order valence-electron chi connectivity index (χ1n) is 10.0. The molecule has 0 spiro atoms. The average molecular weight is 418 g/mol. The van der Waals surface area contributed by atoms with E-state index in [2.05, 4.69) is 9.97 Å². The van der Waals surface area contributed by atoms with Crippen molar-refractivity contribution in [3.63, 3.8) is 0 Å². The van der Waals surface area contributed by atoms with Crippen LogP contribution in [-0.4, -0.2) is 27.3 Å². The van der Waals surface area contributed by atoms with E-state index in [1.54, 1.807) is 12.3 Å². The summed E-state index contributed by atoms with van der Waals surface area (Å²) in [5, 5.41) is 1.73. The fourth-order valence-corrected chi connectivity index (χ4v) is 4.09. The minimum atomic E-state index is -0.162. The van der Waals surface area contributed by atoms with Gasteiger partial charge in [0.2, 0.25) is 5.89 Å². The van der Waals surface area contributed by atoms with Gasteiger partial charge in [0.1, 0.15) is 17.5 Å². The summed E-state index contributed by atoms with van der Waals surface area (Å²) < 4.78 is 6.03. The Morgan fingerprint density at radius 2 is 1.93 bits per heavy atom. The predicted molar refractivity (Wildman–Crippen MR) is 116 cm³/mol. The number of hydrogen-bond donors (Lipinski definition) is 0. The van der Waals surface area contributed by atoms with E-state index >= 15 is 0 Å². The molecule has 1 saturated heterocycles.